The van der Waals surface area contributed by atoms with Gasteiger partial charge in [0.2, 0.25) is 0 Å². The van der Waals surface area contributed by atoms with Crippen molar-refractivity contribution < 1.29 is 4.74 Å². The fraction of sp³-hybridized carbons (Fsp3) is 0.571. The Labute approximate surface area is 104 Å². The van der Waals surface area contributed by atoms with Gasteiger partial charge in [-0.1, -0.05) is 24.3 Å². The lowest BCUT2D eigenvalue weighted by atomic mass is 10.1. The lowest BCUT2D eigenvalue weighted by Crippen LogP contribution is -2.28. The summed E-state index contributed by atoms with van der Waals surface area (Å²) in [5.74, 6) is 0. The normalized spacial score (nSPS) is 20.1. The third-order valence-electron chi connectivity index (χ3n) is 3.25. The largest absolute Gasteiger partial charge is 0.377 e. The number of nitrogens with two attached hydrogens (primary N) is 1. The molecule has 0 saturated carbocycles. The van der Waals surface area contributed by atoms with Gasteiger partial charge in [0.15, 0.2) is 0 Å². The Morgan fingerprint density at radius 1 is 1.29 bits per heavy atom. The van der Waals surface area contributed by atoms with E-state index in [9.17, 15) is 0 Å². The third-order valence-corrected chi connectivity index (χ3v) is 3.25. The van der Waals surface area contributed by atoms with E-state index < -0.39 is 0 Å². The molecule has 1 fully saturated rings. The van der Waals surface area contributed by atoms with Crippen LogP contribution in [0.15, 0.2) is 24.3 Å². The Balaban J connectivity index is 1.81. The lowest BCUT2D eigenvalue weighted by molar-refractivity contribution is 0.0793. The van der Waals surface area contributed by atoms with Gasteiger partial charge in [0.05, 0.1) is 6.10 Å². The molecule has 3 heteroatoms. The maximum atomic E-state index is 5.64. The molecule has 3 nitrogen and oxygen atoms in total. The van der Waals surface area contributed by atoms with Crippen LogP contribution in [0.2, 0.25) is 0 Å². The van der Waals surface area contributed by atoms with Gasteiger partial charge in [-0.3, -0.25) is 4.90 Å². The maximum absolute atomic E-state index is 5.64. The van der Waals surface area contributed by atoms with Crippen LogP contribution in [-0.2, 0) is 17.8 Å². The number of benzene rings is 1. The molecule has 17 heavy (non-hydrogen) atoms. The van der Waals surface area contributed by atoms with Crippen molar-refractivity contribution in [2.45, 2.75) is 32.0 Å². The summed E-state index contributed by atoms with van der Waals surface area (Å²) >= 11 is 0. The van der Waals surface area contributed by atoms with Gasteiger partial charge in [0, 0.05) is 26.2 Å². The van der Waals surface area contributed by atoms with E-state index in [1.807, 2.05) is 0 Å². The van der Waals surface area contributed by atoms with Gasteiger partial charge in [0.25, 0.3) is 0 Å². The molecule has 1 atom stereocenters. The molecule has 1 heterocycles. The van der Waals surface area contributed by atoms with Crippen molar-refractivity contribution in [1.29, 1.82) is 0 Å². The Morgan fingerprint density at radius 3 is 2.59 bits per heavy atom. The Hall–Kier alpha value is -0.900. The van der Waals surface area contributed by atoms with E-state index in [-0.39, 0.29) is 0 Å². The molecule has 0 aliphatic carbocycles. The van der Waals surface area contributed by atoms with Crippen molar-refractivity contribution in [3.63, 3.8) is 0 Å². The molecule has 0 amide bonds. The fourth-order valence-electron chi connectivity index (χ4n) is 2.29. The number of hydrogen-bond donors (Lipinski definition) is 1. The molecule has 1 unspecified atom stereocenters. The molecule has 2 rings (SSSR count). The van der Waals surface area contributed by atoms with Crippen molar-refractivity contribution in [2.75, 3.05) is 20.2 Å². The van der Waals surface area contributed by atoms with Gasteiger partial charge in [-0.05, 0) is 31.0 Å². The van der Waals surface area contributed by atoms with Crippen molar-refractivity contribution in [3.05, 3.63) is 35.4 Å². The van der Waals surface area contributed by atoms with Crippen molar-refractivity contribution >= 4 is 0 Å². The zero-order valence-corrected chi connectivity index (χ0v) is 10.6. The highest BCUT2D eigenvalue weighted by atomic mass is 16.5. The molecular weight excluding hydrogens is 212 g/mol. The second-order valence-electron chi connectivity index (χ2n) is 4.85. The summed E-state index contributed by atoms with van der Waals surface area (Å²) in [5.41, 5.74) is 8.11. The number of likely N-dealkylation sites (N-methyl/N-ethyl adjacent to an activating group) is 1. The van der Waals surface area contributed by atoms with Gasteiger partial charge in [-0.25, -0.2) is 0 Å². The molecule has 2 N–H and O–H groups in total. The molecular formula is C14H22N2O. The predicted molar refractivity (Wildman–Crippen MR) is 69.6 cm³/mol. The summed E-state index contributed by atoms with van der Waals surface area (Å²) in [5, 5.41) is 0. The molecule has 0 radical (unpaired) electrons. The summed E-state index contributed by atoms with van der Waals surface area (Å²) in [6, 6.07) is 8.53. The summed E-state index contributed by atoms with van der Waals surface area (Å²) in [6.45, 7) is 3.55. The number of nitrogens with zero attached hydrogens (tertiary/aromatic N) is 1. The van der Waals surface area contributed by atoms with Gasteiger partial charge >= 0.3 is 0 Å². The van der Waals surface area contributed by atoms with Gasteiger partial charge in [-0.15, -0.1) is 0 Å². The van der Waals surface area contributed by atoms with E-state index in [4.69, 9.17) is 10.5 Å². The SMILES string of the molecule is CN(Cc1ccc(CN)cc1)CC1CCCO1. The predicted octanol–water partition coefficient (Wildman–Crippen LogP) is 1.76. The van der Waals surface area contributed by atoms with Crippen LogP contribution >= 0.6 is 0 Å². The summed E-state index contributed by atoms with van der Waals surface area (Å²) in [6.07, 6.45) is 2.85. The van der Waals surface area contributed by atoms with E-state index in [0.29, 0.717) is 12.6 Å². The first kappa shape index (κ1) is 12.6. The number of rotatable bonds is 5. The molecule has 1 aromatic rings. The second kappa shape index (κ2) is 6.15. The van der Waals surface area contributed by atoms with Crippen LogP contribution < -0.4 is 5.73 Å². The van der Waals surface area contributed by atoms with Crippen molar-refractivity contribution in [3.8, 4) is 0 Å². The van der Waals surface area contributed by atoms with Crippen LogP contribution in [0.3, 0.4) is 0 Å². The minimum atomic E-state index is 0.434. The van der Waals surface area contributed by atoms with Crippen LogP contribution in [0.1, 0.15) is 24.0 Å². The summed E-state index contributed by atoms with van der Waals surface area (Å²) < 4.78 is 5.64. The summed E-state index contributed by atoms with van der Waals surface area (Å²) in [7, 11) is 2.15. The molecule has 1 aromatic carbocycles. The highest BCUT2D eigenvalue weighted by Crippen LogP contribution is 2.14. The molecule has 94 valence electrons. The second-order valence-corrected chi connectivity index (χ2v) is 4.85. The zero-order chi connectivity index (χ0) is 12.1. The first-order valence-corrected chi connectivity index (χ1v) is 6.36. The van der Waals surface area contributed by atoms with E-state index >= 15 is 0 Å². The van der Waals surface area contributed by atoms with Crippen LogP contribution in [0.25, 0.3) is 0 Å². The minimum Gasteiger partial charge on any atom is -0.377 e. The molecule has 1 saturated heterocycles. The molecule has 0 bridgehead atoms. The van der Waals surface area contributed by atoms with E-state index in [2.05, 4.69) is 36.2 Å². The van der Waals surface area contributed by atoms with Crippen LogP contribution in [0.5, 0.6) is 0 Å². The number of hydrogen-bond acceptors (Lipinski definition) is 3. The minimum absolute atomic E-state index is 0.434. The average Bonchev–Trinajstić information content (AvgIpc) is 2.82. The van der Waals surface area contributed by atoms with Gasteiger partial charge in [0.1, 0.15) is 0 Å². The Kier molecular flexibility index (Phi) is 4.54. The van der Waals surface area contributed by atoms with E-state index in [0.717, 1.165) is 19.7 Å². The molecule has 0 aromatic heterocycles. The highest BCUT2D eigenvalue weighted by Gasteiger charge is 2.17. The van der Waals surface area contributed by atoms with Gasteiger partial charge < -0.3 is 10.5 Å². The van der Waals surface area contributed by atoms with Crippen LogP contribution in [0, 0.1) is 0 Å². The Morgan fingerprint density at radius 2 is 2.00 bits per heavy atom. The monoisotopic (exact) mass is 234 g/mol. The van der Waals surface area contributed by atoms with E-state index in [1.54, 1.807) is 0 Å². The highest BCUT2D eigenvalue weighted by molar-refractivity contribution is 5.22. The van der Waals surface area contributed by atoms with Crippen molar-refractivity contribution in [2.24, 2.45) is 5.73 Å². The smallest absolute Gasteiger partial charge is 0.0702 e. The topological polar surface area (TPSA) is 38.5 Å². The maximum Gasteiger partial charge on any atom is 0.0702 e. The molecule has 0 spiro atoms. The van der Waals surface area contributed by atoms with Crippen molar-refractivity contribution in [1.82, 2.24) is 4.90 Å². The fourth-order valence-corrected chi connectivity index (χ4v) is 2.29. The third kappa shape index (κ3) is 3.80. The first-order valence-electron chi connectivity index (χ1n) is 6.36. The first-order chi connectivity index (χ1) is 8.28. The van der Waals surface area contributed by atoms with Crippen LogP contribution in [0.4, 0.5) is 0 Å². The summed E-state index contributed by atoms with van der Waals surface area (Å²) in [4.78, 5) is 2.33. The lowest BCUT2D eigenvalue weighted by Gasteiger charge is -2.20. The van der Waals surface area contributed by atoms with Gasteiger partial charge in [-0.2, -0.15) is 0 Å². The molecule has 1 aliphatic heterocycles. The zero-order valence-electron chi connectivity index (χ0n) is 10.6. The average molecular weight is 234 g/mol. The molecule has 1 aliphatic rings. The number of ether oxygens (including phenoxy) is 1. The van der Waals surface area contributed by atoms with E-state index in [1.165, 1.54) is 24.0 Å². The van der Waals surface area contributed by atoms with Crippen LogP contribution in [-0.4, -0.2) is 31.2 Å². The standard InChI is InChI=1S/C14H22N2O/c1-16(11-14-3-2-8-17-14)10-13-6-4-12(9-15)5-7-13/h4-7,14H,2-3,8-11,15H2,1H3. The quantitative estimate of drug-likeness (QED) is 0.843. The Bertz CT molecular complexity index is 331.